The van der Waals surface area contributed by atoms with Crippen LogP contribution in [0.1, 0.15) is 80.4 Å². The number of carbonyl (C=O) groups is 2. The maximum absolute atomic E-state index is 13.0. The fourth-order valence-corrected chi connectivity index (χ4v) is 19.3. The van der Waals surface area contributed by atoms with E-state index in [1.807, 2.05) is 98.0 Å². The van der Waals surface area contributed by atoms with Crippen molar-refractivity contribution in [1.29, 1.82) is 0 Å². The van der Waals surface area contributed by atoms with Gasteiger partial charge in [-0.2, -0.15) is 25.3 Å². The van der Waals surface area contributed by atoms with Crippen molar-refractivity contribution in [2.24, 2.45) is 4.74 Å². The maximum Gasteiger partial charge on any atom is 0.340 e. The van der Waals surface area contributed by atoms with Gasteiger partial charge in [0.05, 0.1) is 36.8 Å². The van der Waals surface area contributed by atoms with Crippen molar-refractivity contribution in [1.82, 2.24) is 0 Å². The molecule has 0 radical (unpaired) electrons. The smallest absolute Gasteiger partial charge is 0.340 e. The van der Waals surface area contributed by atoms with Gasteiger partial charge >= 0.3 is 43.9 Å². The molecular formula is C88H93F4N3O15PS4Si-. The van der Waals surface area contributed by atoms with E-state index in [1.165, 1.54) is 32.9 Å². The van der Waals surface area contributed by atoms with Crippen molar-refractivity contribution in [2.75, 3.05) is 80.3 Å². The van der Waals surface area contributed by atoms with Crippen LogP contribution in [-0.4, -0.2) is 124 Å². The maximum atomic E-state index is 13.0. The van der Waals surface area contributed by atoms with Crippen molar-refractivity contribution < 1.29 is 83.8 Å². The number of alkyl halides is 1. The molecule has 18 nitrogen and oxygen atoms in total. The van der Waals surface area contributed by atoms with Gasteiger partial charge in [-0.3, -0.25) is 9.45 Å². The first-order chi connectivity index (χ1) is 54.4. The summed E-state index contributed by atoms with van der Waals surface area (Å²) in [6.45, 7) is 12.8. The van der Waals surface area contributed by atoms with E-state index in [0.29, 0.717) is 44.9 Å². The van der Waals surface area contributed by atoms with Gasteiger partial charge in [0, 0.05) is 100 Å². The number of carbonyl (C=O) groups excluding carboxylic acids is 2. The zero-order valence-electron chi connectivity index (χ0n) is 65.5. The number of methoxy groups -OCH3 is 1. The number of hydrogen-bond acceptors (Lipinski definition) is 18. The van der Waals surface area contributed by atoms with Crippen molar-refractivity contribution in [3.8, 4) is 17.2 Å². The second-order valence-corrected chi connectivity index (χ2v) is 41.7. The molecule has 0 aliphatic carbocycles. The molecule has 2 unspecified atom stereocenters. The molecule has 0 fully saturated rings. The standard InChI is InChI=1S/C32H31NO8S2.C27H30O3Si.C19H18NP.C10H13F2NO2S.2FH.O2S/c1-39-27-16-12-24(13-17-27)32(30-11-7-6-10-29(30)31(34)40-32)25-14-18-28(19-15-25)41-43(37,38)23-21-33(20-22-42(2,35)36)26-8-4-3-5-9-26;1-19-11-13-20(14-12-19)27(24-10-8-7-9-23(24)25(28)29-27)21-15-17-22(18-16-21)30-31(5,6)26(2,3)4;1-20-21(17-11-5-2-6-12-17,18-13-7-3-8-14-18)19-15-9-4-10-16-19;11-6-7-13(8-9-16(12,14)15)10-4-2-1-3-5-10;;;1-3-2/h3-19H,20-23H2,1-2H3;7-18H,1-6H3;2-16H,1H3;1-5H,6-9H2;2*1H;/p-1. The number of fused-ring (bicyclic) bond motifs is 2. The van der Waals surface area contributed by atoms with Gasteiger partial charge in [0.2, 0.25) is 8.32 Å². The Balaban J connectivity index is 0.000000223. The van der Waals surface area contributed by atoms with E-state index in [-0.39, 0.29) is 63.9 Å². The molecule has 11 aromatic rings. The molecule has 116 heavy (non-hydrogen) atoms. The first kappa shape index (κ1) is 92.4. The van der Waals surface area contributed by atoms with Crippen LogP contribution in [-0.2, 0) is 62.4 Å². The molecule has 0 amide bonds. The Morgan fingerprint density at radius 1 is 0.483 bits per heavy atom. The van der Waals surface area contributed by atoms with Crippen molar-refractivity contribution in [3.63, 3.8) is 0 Å². The summed E-state index contributed by atoms with van der Waals surface area (Å²) >= 11 is -0.750. The van der Waals surface area contributed by atoms with Gasteiger partial charge in [-0.15, -0.1) is 3.89 Å². The zero-order valence-corrected chi connectivity index (χ0v) is 70.7. The zero-order chi connectivity index (χ0) is 82.4. The normalized spacial score (nSPS) is 14.6. The van der Waals surface area contributed by atoms with E-state index in [0.717, 1.165) is 34.3 Å². The molecule has 0 bridgehead atoms. The molecule has 612 valence electrons. The summed E-state index contributed by atoms with van der Waals surface area (Å²) in [5.74, 6) is -0.275. The number of cyclic esters (lactones) is 2. The number of esters is 2. The topological polar surface area (TPSA) is 236 Å². The Kier molecular flexibility index (Phi) is 32.8. The number of para-hydroxylation sites is 2. The van der Waals surface area contributed by atoms with E-state index in [4.69, 9.17) is 36.0 Å². The van der Waals surface area contributed by atoms with Gasteiger partial charge in [-0.1, -0.05) is 251 Å². The van der Waals surface area contributed by atoms with E-state index in [2.05, 4.69) is 144 Å². The molecule has 13 rings (SSSR count). The van der Waals surface area contributed by atoms with Crippen LogP contribution in [0.15, 0.2) is 302 Å². The van der Waals surface area contributed by atoms with Crippen LogP contribution in [0.5, 0.6) is 17.2 Å². The molecule has 0 aromatic heterocycles. The van der Waals surface area contributed by atoms with Crippen LogP contribution in [0.3, 0.4) is 0 Å². The number of aryl methyl sites for hydroxylation is 1. The summed E-state index contributed by atoms with van der Waals surface area (Å²) < 4.78 is 146. The fraction of sp³-hybridized carbons (Fsp3) is 0.227. The highest BCUT2D eigenvalue weighted by molar-refractivity contribution is 7.90. The third-order valence-electron chi connectivity index (χ3n) is 19.7. The molecule has 2 atom stereocenters. The minimum Gasteiger partial charge on any atom is -1.00 e. The number of nitrogens with zero attached hydrogens (tertiary/aromatic N) is 3. The lowest BCUT2D eigenvalue weighted by molar-refractivity contribution is -0.000102. The van der Waals surface area contributed by atoms with Crippen molar-refractivity contribution in [2.45, 2.75) is 57.0 Å². The summed E-state index contributed by atoms with van der Waals surface area (Å²) in [6.07, 6.45) is 1.14. The van der Waals surface area contributed by atoms with Crippen LogP contribution in [0.2, 0.25) is 18.1 Å². The first-order valence-corrected chi connectivity index (χ1v) is 46.9. The predicted molar refractivity (Wildman–Crippen MR) is 456 cm³/mol. The van der Waals surface area contributed by atoms with Crippen LogP contribution in [0.4, 0.5) is 24.4 Å². The lowest BCUT2D eigenvalue weighted by Gasteiger charge is -2.36. The van der Waals surface area contributed by atoms with Gasteiger partial charge < -0.3 is 37.3 Å². The monoisotopic (exact) mass is 1690 g/mol. The molecule has 0 saturated carbocycles. The van der Waals surface area contributed by atoms with E-state index >= 15 is 0 Å². The first-order valence-electron chi connectivity index (χ1n) is 36.4. The average Bonchev–Trinajstić information content (AvgIpc) is 1.56. The Hall–Kier alpha value is -10.8. The molecule has 2 aliphatic rings. The third-order valence-corrected chi connectivity index (χ3v) is 30.5. The lowest BCUT2D eigenvalue weighted by atomic mass is 9.80. The van der Waals surface area contributed by atoms with E-state index < -0.39 is 86.7 Å². The molecule has 11 aromatic carbocycles. The summed E-state index contributed by atoms with van der Waals surface area (Å²) in [6, 6.07) is 94.4. The number of anilines is 2. The molecule has 0 spiro atoms. The van der Waals surface area contributed by atoms with Gasteiger partial charge in [0.15, 0.2) is 11.2 Å². The second kappa shape index (κ2) is 41.2. The number of sulfone groups is 1. The minimum absolute atomic E-state index is 0. The number of hydrogen-bond donors (Lipinski definition) is 0. The Bertz CT molecular complexity index is 5380. The van der Waals surface area contributed by atoms with Crippen molar-refractivity contribution >= 4 is 96.3 Å². The Labute approximate surface area is 682 Å². The number of halogens is 4. The SMILES string of the molecule is CN=P(c1ccccc1)(c1ccccc1)c1ccccc1.COc1ccc(C2(c3ccc(OS(=O)(=O)CCN(CCS(C)(=O)=O)c4ccccc4)cc3)OC(=O)c3ccccc32)cc1.Cc1ccc(C2(c3ccc(O[Si](C)(C)C(C)(C)C)cc3)OC(=O)c3ccccc32)cc1.F.O=S(=O)(F)CCN(CCF)c1ccccc1.O=S=O.[F-]. The van der Waals surface area contributed by atoms with E-state index in [9.17, 15) is 43.1 Å². The molecular weight excluding hydrogens is 1600 g/mol. The minimum atomic E-state index is -4.51. The predicted octanol–water partition coefficient (Wildman–Crippen LogP) is 13.3. The lowest BCUT2D eigenvalue weighted by Crippen LogP contribution is -3.00. The van der Waals surface area contributed by atoms with Gasteiger partial charge in [0.25, 0.3) is 0 Å². The molecule has 0 N–H and O–H groups in total. The van der Waals surface area contributed by atoms with E-state index in [1.54, 1.807) is 103 Å². The number of rotatable bonds is 25. The number of ether oxygens (including phenoxy) is 3. The molecule has 2 heterocycles. The van der Waals surface area contributed by atoms with Crippen LogP contribution in [0.25, 0.3) is 0 Å². The number of benzene rings is 11. The van der Waals surface area contributed by atoms with Gasteiger partial charge in [-0.25, -0.2) is 22.4 Å². The fourth-order valence-electron chi connectivity index (χ4n) is 12.9. The molecule has 28 heteroatoms. The van der Waals surface area contributed by atoms with Gasteiger partial charge in [-0.05, 0) is 97.9 Å². The van der Waals surface area contributed by atoms with Crippen LogP contribution in [0, 0.1) is 6.92 Å². The molecule has 0 saturated heterocycles. The Morgan fingerprint density at radius 3 is 1.16 bits per heavy atom. The third kappa shape index (κ3) is 23.1. The van der Waals surface area contributed by atoms with Gasteiger partial charge in [0.1, 0.15) is 39.5 Å². The van der Waals surface area contributed by atoms with Crippen LogP contribution >= 0.6 is 7.05 Å². The highest BCUT2D eigenvalue weighted by Gasteiger charge is 2.50. The average molecular weight is 1700 g/mol. The summed E-state index contributed by atoms with van der Waals surface area (Å²) in [5, 5.41) is 4.01. The quantitative estimate of drug-likeness (QED) is 0.0129. The summed E-state index contributed by atoms with van der Waals surface area (Å²) in [4.78, 5) is 29.0. The summed E-state index contributed by atoms with van der Waals surface area (Å²) in [5.41, 5.74) is 6.10. The van der Waals surface area contributed by atoms with Crippen molar-refractivity contribution in [3.05, 3.63) is 347 Å². The largest absolute Gasteiger partial charge is 1.00 e. The van der Waals surface area contributed by atoms with Crippen LogP contribution < -0.4 is 43.8 Å². The second-order valence-electron chi connectivity index (χ2n) is 28.2. The molecule has 2 aliphatic heterocycles. The highest BCUT2D eigenvalue weighted by atomic mass is 32.3. The Morgan fingerprint density at radius 2 is 0.810 bits per heavy atom. The highest BCUT2D eigenvalue weighted by Crippen LogP contribution is 2.50. The summed E-state index contributed by atoms with van der Waals surface area (Å²) in [7, 11) is -12.1.